The summed E-state index contributed by atoms with van der Waals surface area (Å²) in [6, 6.07) is -0.195. The molecule has 3 N–H and O–H groups in total. The third kappa shape index (κ3) is 3.35. The zero-order valence-corrected chi connectivity index (χ0v) is 10.3. The van der Waals surface area contributed by atoms with Gasteiger partial charge in [0.05, 0.1) is 12.1 Å². The van der Waals surface area contributed by atoms with Crippen molar-refractivity contribution in [2.24, 2.45) is 5.73 Å². The van der Waals surface area contributed by atoms with Crippen molar-refractivity contribution in [2.75, 3.05) is 13.1 Å². The van der Waals surface area contributed by atoms with Crippen LogP contribution in [0.5, 0.6) is 0 Å². The van der Waals surface area contributed by atoms with E-state index in [9.17, 15) is 9.90 Å². The first kappa shape index (κ1) is 13.3. The molecule has 0 spiro atoms. The first-order valence-electron chi connectivity index (χ1n) is 5.73. The van der Waals surface area contributed by atoms with E-state index in [1.165, 1.54) is 0 Å². The van der Waals surface area contributed by atoms with Gasteiger partial charge in [0.25, 0.3) is 0 Å². The van der Waals surface area contributed by atoms with E-state index >= 15 is 0 Å². The molecule has 1 amide bonds. The number of carbonyl (C=O) groups is 1. The molecule has 0 bridgehead atoms. The average molecular weight is 230 g/mol. The maximum absolute atomic E-state index is 11.8. The number of nitrogens with zero attached hydrogens (tertiary/aromatic N) is 1. The normalized spacial score (nSPS) is 23.3. The molecule has 1 heterocycles. The van der Waals surface area contributed by atoms with Crippen LogP contribution < -0.4 is 5.73 Å². The van der Waals surface area contributed by atoms with Crippen molar-refractivity contribution < 1.29 is 14.6 Å². The fourth-order valence-corrected chi connectivity index (χ4v) is 1.90. The highest BCUT2D eigenvalue weighted by Crippen LogP contribution is 2.22. The molecule has 0 saturated carbocycles. The van der Waals surface area contributed by atoms with Crippen molar-refractivity contribution in [1.29, 1.82) is 0 Å². The molecule has 0 aromatic heterocycles. The van der Waals surface area contributed by atoms with E-state index in [-0.39, 0.29) is 18.7 Å². The number of carbonyl (C=O) groups excluding carboxylic acids is 1. The van der Waals surface area contributed by atoms with E-state index in [1.807, 2.05) is 20.8 Å². The molecule has 1 rings (SSSR count). The summed E-state index contributed by atoms with van der Waals surface area (Å²) in [6.07, 6.45) is 0.663. The average Bonchev–Trinajstić information content (AvgIpc) is 2.62. The minimum atomic E-state index is -0.657. The molecule has 1 aliphatic rings. The van der Waals surface area contributed by atoms with Crippen molar-refractivity contribution in [3.05, 3.63) is 0 Å². The highest BCUT2D eigenvalue weighted by molar-refractivity contribution is 5.69. The number of hydrogen-bond donors (Lipinski definition) is 2. The van der Waals surface area contributed by atoms with Crippen LogP contribution in [0.4, 0.5) is 4.79 Å². The number of aliphatic hydroxyl groups is 1. The molecule has 16 heavy (non-hydrogen) atoms. The summed E-state index contributed by atoms with van der Waals surface area (Å²) >= 11 is 0. The molecule has 0 radical (unpaired) electrons. The van der Waals surface area contributed by atoms with Crippen LogP contribution >= 0.6 is 0 Å². The first-order chi connectivity index (χ1) is 7.35. The summed E-state index contributed by atoms with van der Waals surface area (Å²) in [4.78, 5) is 13.4. The highest BCUT2D eigenvalue weighted by Gasteiger charge is 2.35. The number of ether oxygens (including phenoxy) is 1. The number of likely N-dealkylation sites (tertiary alicyclic amines) is 1. The third-order valence-corrected chi connectivity index (χ3v) is 2.61. The molecule has 1 aliphatic heterocycles. The number of hydrogen-bond acceptors (Lipinski definition) is 4. The van der Waals surface area contributed by atoms with Gasteiger partial charge in [-0.1, -0.05) is 0 Å². The minimum absolute atomic E-state index is 0.171. The fourth-order valence-electron chi connectivity index (χ4n) is 1.90. The van der Waals surface area contributed by atoms with Crippen molar-refractivity contribution in [3.8, 4) is 0 Å². The summed E-state index contributed by atoms with van der Waals surface area (Å²) < 4.78 is 5.28. The molecule has 0 aromatic rings. The van der Waals surface area contributed by atoms with E-state index in [1.54, 1.807) is 4.90 Å². The van der Waals surface area contributed by atoms with Crippen LogP contribution in [0.3, 0.4) is 0 Å². The molecular weight excluding hydrogens is 208 g/mol. The minimum Gasteiger partial charge on any atom is -0.444 e. The quantitative estimate of drug-likeness (QED) is 0.732. The van der Waals surface area contributed by atoms with Crippen molar-refractivity contribution >= 4 is 6.09 Å². The predicted octanol–water partition coefficient (Wildman–Crippen LogP) is 0.706. The van der Waals surface area contributed by atoms with Gasteiger partial charge in [-0.25, -0.2) is 4.79 Å². The lowest BCUT2D eigenvalue weighted by atomic mass is 10.1. The van der Waals surface area contributed by atoms with E-state index in [2.05, 4.69) is 0 Å². The lowest BCUT2D eigenvalue weighted by Gasteiger charge is -2.30. The summed E-state index contributed by atoms with van der Waals surface area (Å²) in [5.41, 5.74) is 4.91. The Kier molecular flexibility index (Phi) is 4.15. The summed E-state index contributed by atoms with van der Waals surface area (Å²) in [5.74, 6) is 0. The predicted molar refractivity (Wildman–Crippen MR) is 61.0 cm³/mol. The van der Waals surface area contributed by atoms with Gasteiger partial charge in [0.2, 0.25) is 0 Å². The van der Waals surface area contributed by atoms with E-state index in [4.69, 9.17) is 10.5 Å². The van der Waals surface area contributed by atoms with Gasteiger partial charge in [-0.3, -0.25) is 0 Å². The summed E-state index contributed by atoms with van der Waals surface area (Å²) in [5, 5.41) is 9.70. The van der Waals surface area contributed by atoms with Gasteiger partial charge in [-0.05, 0) is 33.6 Å². The Morgan fingerprint density at radius 3 is 2.75 bits per heavy atom. The van der Waals surface area contributed by atoms with Crippen LogP contribution in [-0.2, 0) is 4.74 Å². The molecule has 5 nitrogen and oxygen atoms in total. The molecule has 1 fully saturated rings. The Morgan fingerprint density at radius 1 is 1.62 bits per heavy atom. The maximum atomic E-state index is 11.8. The van der Waals surface area contributed by atoms with Gasteiger partial charge >= 0.3 is 6.09 Å². The Morgan fingerprint density at radius 2 is 2.25 bits per heavy atom. The Balaban J connectivity index is 2.61. The number of rotatable bonds is 2. The van der Waals surface area contributed by atoms with Gasteiger partial charge in [0.1, 0.15) is 5.60 Å². The zero-order valence-electron chi connectivity index (χ0n) is 10.3. The zero-order chi connectivity index (χ0) is 12.3. The third-order valence-electron chi connectivity index (χ3n) is 2.61. The fraction of sp³-hybridized carbons (Fsp3) is 0.909. The van der Waals surface area contributed by atoms with Crippen molar-refractivity contribution in [1.82, 2.24) is 4.90 Å². The van der Waals surface area contributed by atoms with E-state index in [0.29, 0.717) is 6.54 Å². The molecule has 94 valence electrons. The van der Waals surface area contributed by atoms with E-state index in [0.717, 1.165) is 12.8 Å². The van der Waals surface area contributed by atoms with Crippen LogP contribution in [0, 0.1) is 0 Å². The lowest BCUT2D eigenvalue weighted by Crippen LogP contribution is -2.47. The Hall–Kier alpha value is -0.810. The van der Waals surface area contributed by atoms with Crippen molar-refractivity contribution in [2.45, 2.75) is 51.4 Å². The molecule has 0 aliphatic carbocycles. The number of nitrogens with two attached hydrogens (primary N) is 1. The second-order valence-electron chi connectivity index (χ2n) is 5.19. The standard InChI is InChI=1S/C11H22N2O3/c1-11(2,3)16-10(15)13-6-4-5-8(13)9(14)7-12/h8-9,14H,4-7,12H2,1-3H3/t8-,9+/m0/s1. The van der Waals surface area contributed by atoms with Gasteiger partial charge < -0.3 is 20.5 Å². The number of aliphatic hydroxyl groups excluding tert-OH is 1. The van der Waals surface area contributed by atoms with Crippen molar-refractivity contribution in [3.63, 3.8) is 0 Å². The van der Waals surface area contributed by atoms with Gasteiger partial charge in [-0.2, -0.15) is 0 Å². The molecule has 0 aromatic carbocycles. The SMILES string of the molecule is CC(C)(C)OC(=O)N1CCC[C@H]1[C@H](O)CN. The first-order valence-corrected chi connectivity index (χ1v) is 5.73. The second kappa shape index (κ2) is 5.01. The maximum Gasteiger partial charge on any atom is 0.410 e. The second-order valence-corrected chi connectivity index (χ2v) is 5.19. The van der Waals surface area contributed by atoms with Crippen LogP contribution in [-0.4, -0.2) is 46.9 Å². The van der Waals surface area contributed by atoms with Gasteiger partial charge in [0.15, 0.2) is 0 Å². The Labute approximate surface area is 96.6 Å². The van der Waals surface area contributed by atoms with Crippen LogP contribution in [0.25, 0.3) is 0 Å². The molecular formula is C11H22N2O3. The molecule has 5 heteroatoms. The van der Waals surface area contributed by atoms with Gasteiger partial charge in [0, 0.05) is 13.1 Å². The van der Waals surface area contributed by atoms with Crippen LogP contribution in [0.1, 0.15) is 33.6 Å². The smallest absolute Gasteiger partial charge is 0.410 e. The van der Waals surface area contributed by atoms with Crippen LogP contribution in [0.2, 0.25) is 0 Å². The highest BCUT2D eigenvalue weighted by atomic mass is 16.6. The lowest BCUT2D eigenvalue weighted by molar-refractivity contribution is 0.00671. The van der Waals surface area contributed by atoms with E-state index < -0.39 is 11.7 Å². The van der Waals surface area contributed by atoms with Crippen LogP contribution in [0.15, 0.2) is 0 Å². The molecule has 2 atom stereocenters. The Bertz CT molecular complexity index is 250. The largest absolute Gasteiger partial charge is 0.444 e. The summed E-state index contributed by atoms with van der Waals surface area (Å²) in [6.45, 7) is 6.29. The monoisotopic (exact) mass is 230 g/mol. The molecule has 1 saturated heterocycles. The molecule has 0 unspecified atom stereocenters. The summed E-state index contributed by atoms with van der Waals surface area (Å²) in [7, 11) is 0. The topological polar surface area (TPSA) is 75.8 Å². The number of amides is 1. The van der Waals surface area contributed by atoms with Gasteiger partial charge in [-0.15, -0.1) is 0 Å².